The van der Waals surface area contributed by atoms with E-state index in [0.717, 1.165) is 41.7 Å². The number of hydrogen-bond acceptors (Lipinski definition) is 6. The summed E-state index contributed by atoms with van der Waals surface area (Å²) in [5.41, 5.74) is 1.36. The summed E-state index contributed by atoms with van der Waals surface area (Å²) in [6.07, 6.45) is 0. The third kappa shape index (κ3) is 6.72. The highest BCUT2D eigenvalue weighted by Crippen LogP contribution is 2.47. The molecular formula is C24H32Cl2N2O3S. The molecule has 0 unspecified atom stereocenters. The van der Waals surface area contributed by atoms with E-state index in [9.17, 15) is 9.59 Å². The minimum Gasteiger partial charge on any atom is -0.455 e. The van der Waals surface area contributed by atoms with Crippen molar-refractivity contribution in [3.63, 3.8) is 0 Å². The smallest absolute Gasteiger partial charge is 0.176 e. The van der Waals surface area contributed by atoms with Crippen LogP contribution in [0, 0.1) is 0 Å². The SMILES string of the molecule is CCN(CC)CC(=O)c1ccc2c(c1)Oc1ccc(C(=O)CN(CC)CC)cc1S2.Cl.Cl. The van der Waals surface area contributed by atoms with Crippen molar-refractivity contribution in [3.05, 3.63) is 47.5 Å². The van der Waals surface area contributed by atoms with Crippen LogP contribution in [-0.4, -0.2) is 60.6 Å². The van der Waals surface area contributed by atoms with Crippen LogP contribution in [0.1, 0.15) is 48.4 Å². The second-order valence-corrected chi connectivity index (χ2v) is 8.38. The van der Waals surface area contributed by atoms with Gasteiger partial charge in [0.05, 0.1) is 22.9 Å². The molecule has 0 bridgehead atoms. The summed E-state index contributed by atoms with van der Waals surface area (Å²) < 4.78 is 6.08. The maximum atomic E-state index is 12.6. The standard InChI is InChI=1S/C24H30N2O3S.2ClH/c1-5-25(6-2)15-19(27)17-10-12-23-22(13-17)29-21-11-9-18(14-24(21)30-23)20(28)16-26(7-3)8-4;;/h9-14H,5-8,15-16H2,1-4H3;2*1H. The lowest BCUT2D eigenvalue weighted by atomic mass is 10.1. The van der Waals surface area contributed by atoms with Crippen molar-refractivity contribution >= 4 is 48.1 Å². The molecule has 1 heterocycles. The van der Waals surface area contributed by atoms with Gasteiger partial charge in [0.25, 0.3) is 0 Å². The average molecular weight is 500 g/mol. The molecule has 0 spiro atoms. The zero-order valence-electron chi connectivity index (χ0n) is 19.1. The van der Waals surface area contributed by atoms with Crippen molar-refractivity contribution in [2.24, 2.45) is 0 Å². The molecule has 0 fully saturated rings. The molecule has 0 saturated heterocycles. The molecule has 3 rings (SSSR count). The maximum Gasteiger partial charge on any atom is 0.176 e. The molecular weight excluding hydrogens is 467 g/mol. The van der Waals surface area contributed by atoms with E-state index in [2.05, 4.69) is 37.5 Å². The summed E-state index contributed by atoms with van der Waals surface area (Å²) in [6.45, 7) is 12.5. The molecule has 5 nitrogen and oxygen atoms in total. The monoisotopic (exact) mass is 498 g/mol. The van der Waals surface area contributed by atoms with Crippen LogP contribution >= 0.6 is 36.6 Å². The molecule has 0 saturated carbocycles. The van der Waals surface area contributed by atoms with Gasteiger partial charge < -0.3 is 4.74 Å². The summed E-state index contributed by atoms with van der Waals surface area (Å²) in [5, 5.41) is 0. The molecule has 1 aliphatic rings. The van der Waals surface area contributed by atoms with E-state index in [1.807, 2.05) is 36.4 Å². The number of Topliss-reactive ketones (excluding diaryl/α,β-unsaturated/α-hetero) is 2. The van der Waals surface area contributed by atoms with Crippen LogP contribution in [0.2, 0.25) is 0 Å². The van der Waals surface area contributed by atoms with Crippen molar-refractivity contribution in [1.82, 2.24) is 9.80 Å². The fraction of sp³-hybridized carbons (Fsp3) is 0.417. The van der Waals surface area contributed by atoms with Gasteiger partial charge in [-0.3, -0.25) is 19.4 Å². The van der Waals surface area contributed by atoms with Crippen molar-refractivity contribution < 1.29 is 14.3 Å². The number of hydrogen-bond donors (Lipinski definition) is 0. The summed E-state index contributed by atoms with van der Waals surface area (Å²) in [4.78, 5) is 31.3. The van der Waals surface area contributed by atoms with Gasteiger partial charge in [-0.1, -0.05) is 39.5 Å². The predicted molar refractivity (Wildman–Crippen MR) is 136 cm³/mol. The van der Waals surface area contributed by atoms with Gasteiger partial charge in [0.2, 0.25) is 0 Å². The van der Waals surface area contributed by atoms with Gasteiger partial charge in [0.1, 0.15) is 11.5 Å². The quantitative estimate of drug-likeness (QED) is 0.327. The summed E-state index contributed by atoms with van der Waals surface area (Å²) >= 11 is 1.58. The molecule has 2 aromatic carbocycles. The second kappa shape index (κ2) is 13.2. The average Bonchev–Trinajstić information content (AvgIpc) is 2.78. The van der Waals surface area contributed by atoms with E-state index < -0.39 is 0 Å². The van der Waals surface area contributed by atoms with Gasteiger partial charge in [0, 0.05) is 11.1 Å². The van der Waals surface area contributed by atoms with Crippen molar-refractivity contribution in [3.8, 4) is 11.5 Å². The minimum absolute atomic E-state index is 0. The highest BCUT2D eigenvalue weighted by molar-refractivity contribution is 7.99. The van der Waals surface area contributed by atoms with Crippen LogP contribution in [-0.2, 0) is 0 Å². The molecule has 0 aromatic heterocycles. The van der Waals surface area contributed by atoms with Crippen LogP contribution < -0.4 is 4.74 Å². The van der Waals surface area contributed by atoms with E-state index in [4.69, 9.17) is 4.74 Å². The van der Waals surface area contributed by atoms with Gasteiger partial charge >= 0.3 is 0 Å². The van der Waals surface area contributed by atoms with E-state index >= 15 is 0 Å². The van der Waals surface area contributed by atoms with Gasteiger partial charge in [0.15, 0.2) is 11.6 Å². The number of rotatable bonds is 10. The van der Waals surface area contributed by atoms with Crippen LogP contribution in [0.5, 0.6) is 11.5 Å². The zero-order chi connectivity index (χ0) is 21.7. The van der Waals surface area contributed by atoms with E-state index in [1.165, 1.54) is 0 Å². The molecule has 0 atom stereocenters. The molecule has 0 radical (unpaired) electrons. The number of likely N-dealkylation sites (N-methyl/N-ethyl adjacent to an activating group) is 2. The Morgan fingerprint density at radius 2 is 1.22 bits per heavy atom. The predicted octanol–water partition coefficient (Wildman–Crippen LogP) is 5.84. The molecule has 8 heteroatoms. The normalized spacial score (nSPS) is 11.7. The lowest BCUT2D eigenvalue weighted by Gasteiger charge is -2.22. The molecule has 176 valence electrons. The number of nitrogens with zero attached hydrogens (tertiary/aromatic N) is 2. The minimum atomic E-state index is 0. The van der Waals surface area contributed by atoms with Gasteiger partial charge in [-0.25, -0.2) is 0 Å². The first-order valence-corrected chi connectivity index (χ1v) is 11.5. The number of halogens is 2. The maximum absolute atomic E-state index is 12.6. The molecule has 32 heavy (non-hydrogen) atoms. The first-order valence-electron chi connectivity index (χ1n) is 10.6. The number of carbonyl (C=O) groups is 2. The summed E-state index contributed by atoms with van der Waals surface area (Å²) in [5.74, 6) is 1.63. The van der Waals surface area contributed by atoms with Gasteiger partial charge in [-0.05, 0) is 62.6 Å². The van der Waals surface area contributed by atoms with Crippen molar-refractivity contribution in [1.29, 1.82) is 0 Å². The van der Waals surface area contributed by atoms with Crippen LogP contribution in [0.15, 0.2) is 46.2 Å². The number of fused-ring (bicyclic) bond motifs is 2. The second-order valence-electron chi connectivity index (χ2n) is 7.30. The molecule has 1 aliphatic heterocycles. The molecule has 0 N–H and O–H groups in total. The third-order valence-corrected chi connectivity index (χ3v) is 6.59. The Hall–Kier alpha value is -1.57. The first kappa shape index (κ1) is 28.5. The molecule has 0 amide bonds. The summed E-state index contributed by atoms with van der Waals surface area (Å²) in [6, 6.07) is 11.2. The lowest BCUT2D eigenvalue weighted by molar-refractivity contribution is 0.0929. The third-order valence-electron chi connectivity index (χ3n) is 5.49. The highest BCUT2D eigenvalue weighted by atomic mass is 35.5. The van der Waals surface area contributed by atoms with Gasteiger partial charge in [-0.2, -0.15) is 0 Å². The lowest BCUT2D eigenvalue weighted by Crippen LogP contribution is -2.29. The van der Waals surface area contributed by atoms with E-state index in [1.54, 1.807) is 11.8 Å². The van der Waals surface area contributed by atoms with Gasteiger partial charge in [-0.15, -0.1) is 24.8 Å². The Balaban J connectivity index is 0.00000256. The highest BCUT2D eigenvalue weighted by Gasteiger charge is 2.22. The van der Waals surface area contributed by atoms with Crippen LogP contribution in [0.4, 0.5) is 0 Å². The Kier molecular flexibility index (Phi) is 11.8. The number of benzene rings is 2. The summed E-state index contributed by atoms with van der Waals surface area (Å²) in [7, 11) is 0. The Morgan fingerprint density at radius 1 is 0.719 bits per heavy atom. The number of ketones is 2. The zero-order valence-corrected chi connectivity index (χ0v) is 21.5. The van der Waals surface area contributed by atoms with E-state index in [0.29, 0.717) is 30.0 Å². The Labute approximate surface area is 207 Å². The largest absolute Gasteiger partial charge is 0.455 e. The Morgan fingerprint density at radius 3 is 1.75 bits per heavy atom. The van der Waals surface area contributed by atoms with Crippen molar-refractivity contribution in [2.45, 2.75) is 37.5 Å². The number of carbonyl (C=O) groups excluding carboxylic acids is 2. The number of ether oxygens (including phenoxy) is 1. The molecule has 2 aromatic rings. The van der Waals surface area contributed by atoms with E-state index in [-0.39, 0.29) is 36.4 Å². The van der Waals surface area contributed by atoms with Crippen LogP contribution in [0.3, 0.4) is 0 Å². The fourth-order valence-corrected chi connectivity index (χ4v) is 4.38. The fourth-order valence-electron chi connectivity index (χ4n) is 3.41. The molecule has 0 aliphatic carbocycles. The van der Waals surface area contributed by atoms with Crippen LogP contribution in [0.25, 0.3) is 0 Å². The first-order chi connectivity index (χ1) is 14.5. The Bertz CT molecular complexity index is 856. The topological polar surface area (TPSA) is 49.9 Å². The van der Waals surface area contributed by atoms with Crippen molar-refractivity contribution in [2.75, 3.05) is 39.3 Å².